The number of Topliss-reactive ketones (excluding diaryl/α,β-unsaturated/α-hetero) is 1. The number of nitrogens with one attached hydrogen (secondary N) is 1. The summed E-state index contributed by atoms with van der Waals surface area (Å²) in [7, 11) is 2.00. The lowest BCUT2D eigenvalue weighted by Gasteiger charge is -2.29. The summed E-state index contributed by atoms with van der Waals surface area (Å²) in [4.78, 5) is 27.6. The first-order valence-electron chi connectivity index (χ1n) is 10.2. The van der Waals surface area contributed by atoms with E-state index in [-0.39, 0.29) is 12.6 Å². The maximum atomic E-state index is 13.4. The van der Waals surface area contributed by atoms with Gasteiger partial charge in [-0.3, -0.25) is 10.1 Å². The first kappa shape index (κ1) is 23.7. The standard InChI is InChI=1S/C23H29N3O3S2/c1-26(20-13-17(30)14-25-20)16-8-9-18(19(12-16)15-6-4-3-5-7-15)21(27)23(24,22(28)29)10-11-31-2/h3-9,12,17,20,25,30H,10-11,13-14,24H2,1-2H3,(H,28,29)/t17-,20-,23?/m0/s1. The topological polar surface area (TPSA) is 95.7 Å². The predicted molar refractivity (Wildman–Crippen MR) is 131 cm³/mol. The molecule has 0 aliphatic carbocycles. The number of rotatable bonds is 9. The van der Waals surface area contributed by atoms with Crippen molar-refractivity contribution in [3.05, 3.63) is 54.1 Å². The summed E-state index contributed by atoms with van der Waals surface area (Å²) < 4.78 is 0. The Balaban J connectivity index is 2.05. The minimum Gasteiger partial charge on any atom is -0.480 e. The number of hydrogen-bond acceptors (Lipinski definition) is 7. The van der Waals surface area contributed by atoms with Crippen molar-refractivity contribution in [2.24, 2.45) is 5.73 Å². The summed E-state index contributed by atoms with van der Waals surface area (Å²) in [6.07, 6.45) is 2.97. The van der Waals surface area contributed by atoms with Crippen molar-refractivity contribution in [3.63, 3.8) is 0 Å². The van der Waals surface area contributed by atoms with Gasteiger partial charge in [-0.2, -0.15) is 24.4 Å². The normalized spacial score (nSPS) is 20.3. The Morgan fingerprint density at radius 2 is 2.00 bits per heavy atom. The second kappa shape index (κ2) is 10.1. The molecule has 0 spiro atoms. The van der Waals surface area contributed by atoms with Crippen LogP contribution in [0.4, 0.5) is 5.69 Å². The van der Waals surface area contributed by atoms with E-state index in [1.54, 1.807) is 6.07 Å². The Labute approximate surface area is 193 Å². The summed E-state index contributed by atoms with van der Waals surface area (Å²) in [5.74, 6) is -1.40. The van der Waals surface area contributed by atoms with Crippen molar-refractivity contribution in [1.29, 1.82) is 0 Å². The first-order chi connectivity index (χ1) is 14.8. The van der Waals surface area contributed by atoms with Crippen LogP contribution in [-0.4, -0.2) is 59.4 Å². The number of carbonyl (C=O) groups is 2. The summed E-state index contributed by atoms with van der Waals surface area (Å²) in [5, 5.41) is 13.5. The maximum Gasteiger partial charge on any atom is 0.331 e. The van der Waals surface area contributed by atoms with E-state index in [0.717, 1.165) is 24.2 Å². The Bertz CT molecular complexity index is 941. The molecule has 1 aliphatic rings. The van der Waals surface area contributed by atoms with Gasteiger partial charge in [0.05, 0.1) is 6.17 Å². The third-order valence-corrected chi connectivity index (χ3v) is 6.78. The lowest BCUT2D eigenvalue weighted by Crippen LogP contribution is -2.55. The van der Waals surface area contributed by atoms with Crippen LogP contribution in [0.2, 0.25) is 0 Å². The molecule has 2 aromatic rings. The first-order valence-corrected chi connectivity index (χ1v) is 12.1. The molecule has 0 radical (unpaired) electrons. The molecule has 1 fully saturated rings. The third kappa shape index (κ3) is 5.09. The molecule has 2 aromatic carbocycles. The molecular formula is C23H29N3O3S2. The summed E-state index contributed by atoms with van der Waals surface area (Å²) in [5.41, 5.74) is 6.97. The molecule has 6 nitrogen and oxygen atoms in total. The van der Waals surface area contributed by atoms with Gasteiger partial charge in [-0.15, -0.1) is 0 Å². The predicted octanol–water partition coefficient (Wildman–Crippen LogP) is 3.13. The number of carboxylic acids is 1. The van der Waals surface area contributed by atoms with Gasteiger partial charge < -0.3 is 15.7 Å². The van der Waals surface area contributed by atoms with Gasteiger partial charge in [0.1, 0.15) is 0 Å². The van der Waals surface area contributed by atoms with Crippen LogP contribution in [0.25, 0.3) is 11.1 Å². The van der Waals surface area contributed by atoms with E-state index in [0.29, 0.717) is 22.1 Å². The van der Waals surface area contributed by atoms with E-state index in [2.05, 4.69) is 22.8 Å². The van der Waals surface area contributed by atoms with Crippen molar-refractivity contribution in [3.8, 4) is 11.1 Å². The molecular weight excluding hydrogens is 430 g/mol. The van der Waals surface area contributed by atoms with Crippen LogP contribution in [0.15, 0.2) is 48.5 Å². The smallest absolute Gasteiger partial charge is 0.331 e. The number of carboxylic acid groups (broad SMARTS) is 1. The SMILES string of the molecule is CSCCC(N)(C(=O)O)C(=O)c1ccc(N(C)[C@H]2C[C@H](S)CN2)cc1-c1ccccc1. The number of anilines is 1. The number of carbonyl (C=O) groups excluding carboxylic acids is 1. The van der Waals surface area contributed by atoms with Crippen LogP contribution in [0.5, 0.6) is 0 Å². The molecule has 1 heterocycles. The van der Waals surface area contributed by atoms with Crippen LogP contribution < -0.4 is 16.0 Å². The van der Waals surface area contributed by atoms with Gasteiger partial charge in [0.15, 0.2) is 11.3 Å². The number of nitrogens with two attached hydrogens (primary N) is 1. The highest BCUT2D eigenvalue weighted by Gasteiger charge is 2.43. The minimum atomic E-state index is -1.97. The number of hydrogen-bond donors (Lipinski definition) is 4. The van der Waals surface area contributed by atoms with Crippen LogP contribution in [0.3, 0.4) is 0 Å². The average Bonchev–Trinajstić information content (AvgIpc) is 3.22. The lowest BCUT2D eigenvalue weighted by atomic mass is 9.84. The van der Waals surface area contributed by atoms with Crippen molar-refractivity contribution in [1.82, 2.24) is 5.32 Å². The number of nitrogens with zero attached hydrogens (tertiary/aromatic N) is 1. The van der Waals surface area contributed by atoms with Gasteiger partial charge in [0, 0.05) is 30.1 Å². The van der Waals surface area contributed by atoms with E-state index < -0.39 is 17.3 Å². The van der Waals surface area contributed by atoms with E-state index in [1.165, 1.54) is 11.8 Å². The Morgan fingerprint density at radius 3 is 2.58 bits per heavy atom. The molecule has 0 aromatic heterocycles. The van der Waals surface area contributed by atoms with Crippen LogP contribution in [-0.2, 0) is 4.79 Å². The van der Waals surface area contributed by atoms with Crippen molar-refractivity contribution >= 4 is 41.8 Å². The fraction of sp³-hybridized carbons (Fsp3) is 0.391. The minimum absolute atomic E-state index is 0.0630. The second-order valence-corrected chi connectivity index (χ2v) is 9.58. The van der Waals surface area contributed by atoms with E-state index in [1.807, 2.05) is 55.8 Å². The van der Waals surface area contributed by atoms with Gasteiger partial charge in [0.25, 0.3) is 0 Å². The monoisotopic (exact) mass is 459 g/mol. The summed E-state index contributed by atoms with van der Waals surface area (Å²) in [6.45, 7) is 0.837. The molecule has 166 valence electrons. The third-order valence-electron chi connectivity index (χ3n) is 5.78. The zero-order valence-corrected chi connectivity index (χ0v) is 19.5. The van der Waals surface area contributed by atoms with Gasteiger partial charge in [0.2, 0.25) is 0 Å². The molecule has 0 saturated carbocycles. The Morgan fingerprint density at radius 1 is 1.29 bits per heavy atom. The zero-order chi connectivity index (χ0) is 22.6. The fourth-order valence-electron chi connectivity index (χ4n) is 3.80. The maximum absolute atomic E-state index is 13.4. The molecule has 1 aliphatic heterocycles. The molecule has 1 unspecified atom stereocenters. The Kier molecular flexibility index (Phi) is 7.69. The van der Waals surface area contributed by atoms with Gasteiger partial charge in [-0.25, -0.2) is 4.79 Å². The number of ketones is 1. The number of benzene rings is 2. The largest absolute Gasteiger partial charge is 0.480 e. The highest BCUT2D eigenvalue weighted by atomic mass is 32.2. The van der Waals surface area contributed by atoms with Crippen LogP contribution in [0, 0.1) is 0 Å². The summed E-state index contributed by atoms with van der Waals surface area (Å²) in [6, 6.07) is 15.0. The van der Waals surface area contributed by atoms with Gasteiger partial charge in [-0.1, -0.05) is 30.3 Å². The van der Waals surface area contributed by atoms with E-state index >= 15 is 0 Å². The second-order valence-electron chi connectivity index (χ2n) is 7.87. The molecule has 1 saturated heterocycles. The molecule has 3 rings (SSSR count). The Hall–Kier alpha value is -2.00. The molecule has 8 heteroatoms. The number of thiol groups is 1. The highest BCUT2D eigenvalue weighted by Crippen LogP contribution is 2.32. The van der Waals surface area contributed by atoms with Crippen molar-refractivity contribution < 1.29 is 14.7 Å². The average molecular weight is 460 g/mol. The lowest BCUT2D eigenvalue weighted by molar-refractivity contribution is -0.141. The number of aliphatic carboxylic acids is 1. The van der Waals surface area contributed by atoms with Crippen molar-refractivity contribution in [2.75, 3.05) is 30.5 Å². The van der Waals surface area contributed by atoms with Crippen LogP contribution >= 0.6 is 24.4 Å². The highest BCUT2D eigenvalue weighted by molar-refractivity contribution is 7.98. The number of thioether (sulfide) groups is 1. The van der Waals surface area contributed by atoms with E-state index in [4.69, 9.17) is 5.73 Å². The quantitative estimate of drug-likeness (QED) is 0.260. The van der Waals surface area contributed by atoms with Crippen molar-refractivity contribution in [2.45, 2.75) is 29.8 Å². The van der Waals surface area contributed by atoms with Gasteiger partial charge >= 0.3 is 5.97 Å². The van der Waals surface area contributed by atoms with Crippen LogP contribution in [0.1, 0.15) is 23.2 Å². The molecule has 0 amide bonds. The van der Waals surface area contributed by atoms with Gasteiger partial charge in [-0.05, 0) is 54.2 Å². The molecule has 0 bridgehead atoms. The zero-order valence-electron chi connectivity index (χ0n) is 17.7. The fourth-order valence-corrected chi connectivity index (χ4v) is 4.63. The van der Waals surface area contributed by atoms with E-state index in [9.17, 15) is 14.7 Å². The summed E-state index contributed by atoms with van der Waals surface area (Å²) >= 11 is 6.02. The molecule has 3 atom stereocenters. The molecule has 4 N–H and O–H groups in total. The molecule has 31 heavy (non-hydrogen) atoms.